The van der Waals surface area contributed by atoms with Gasteiger partial charge in [0.1, 0.15) is 0 Å². The number of thioether (sulfide) groups is 1. The number of Topliss-reactive ketones (excluding diaryl/α,β-unsaturated/α-hetero) is 1. The van der Waals surface area contributed by atoms with Crippen molar-refractivity contribution < 1.29 is 14.3 Å². The van der Waals surface area contributed by atoms with E-state index in [4.69, 9.17) is 9.72 Å². The van der Waals surface area contributed by atoms with Crippen molar-refractivity contribution in [3.8, 4) is 0 Å². The van der Waals surface area contributed by atoms with E-state index in [0.717, 1.165) is 18.4 Å². The van der Waals surface area contributed by atoms with Gasteiger partial charge in [-0.1, -0.05) is 41.6 Å². The highest BCUT2D eigenvalue weighted by atomic mass is 32.2. The third-order valence-corrected chi connectivity index (χ3v) is 6.69. The molecule has 2 heterocycles. The van der Waals surface area contributed by atoms with E-state index in [1.54, 1.807) is 22.8 Å². The molecule has 1 saturated heterocycles. The van der Waals surface area contributed by atoms with Crippen LogP contribution in [0, 0.1) is 6.92 Å². The first-order valence-corrected chi connectivity index (χ1v) is 12.5. The fourth-order valence-electron chi connectivity index (χ4n) is 3.90. The van der Waals surface area contributed by atoms with Gasteiger partial charge in [0.25, 0.3) is 11.5 Å². The number of carbonyl (C=O) groups is 2. The van der Waals surface area contributed by atoms with Gasteiger partial charge >= 0.3 is 0 Å². The molecule has 2 aromatic carbocycles. The van der Waals surface area contributed by atoms with Crippen LogP contribution in [-0.2, 0) is 11.3 Å². The summed E-state index contributed by atoms with van der Waals surface area (Å²) in [7, 11) is 0. The number of nitrogens with zero attached hydrogens (tertiary/aromatic N) is 2. The predicted molar refractivity (Wildman–Crippen MR) is 134 cm³/mol. The zero-order valence-corrected chi connectivity index (χ0v) is 20.5. The third-order valence-electron chi connectivity index (χ3n) is 5.72. The van der Waals surface area contributed by atoms with E-state index in [0.29, 0.717) is 40.3 Å². The van der Waals surface area contributed by atoms with E-state index in [9.17, 15) is 14.4 Å². The van der Waals surface area contributed by atoms with Gasteiger partial charge in [-0.15, -0.1) is 0 Å². The highest BCUT2D eigenvalue weighted by Gasteiger charge is 2.21. The van der Waals surface area contributed by atoms with Gasteiger partial charge in [0, 0.05) is 23.8 Å². The molecule has 0 unspecified atom stereocenters. The van der Waals surface area contributed by atoms with Crippen molar-refractivity contribution in [2.75, 3.05) is 12.4 Å². The number of fused-ring (bicyclic) bond motifs is 1. The normalized spacial score (nSPS) is 15.7. The molecule has 1 fully saturated rings. The number of ketones is 1. The second kappa shape index (κ2) is 10.5. The van der Waals surface area contributed by atoms with Crippen molar-refractivity contribution in [1.29, 1.82) is 0 Å². The van der Waals surface area contributed by atoms with E-state index >= 15 is 0 Å². The quantitative estimate of drug-likeness (QED) is 0.298. The molecule has 1 amide bonds. The Morgan fingerprint density at radius 3 is 2.59 bits per heavy atom. The number of aryl methyl sites for hydroxylation is 1. The monoisotopic (exact) mass is 479 g/mol. The smallest absolute Gasteiger partial charge is 0.262 e. The van der Waals surface area contributed by atoms with Crippen molar-refractivity contribution in [3.05, 3.63) is 69.5 Å². The van der Waals surface area contributed by atoms with Crippen molar-refractivity contribution in [2.45, 2.75) is 57.5 Å². The Bertz CT molecular complexity index is 1260. The standard InChI is InChI=1S/C26H29N3O4S/c1-16(2)27-24(31)19-10-11-21-22(13-19)28-26(29(25(21)32)14-20-5-4-12-33-20)34-15-23(30)18-8-6-17(3)7-9-18/h6-11,13,16,20H,4-5,12,14-15H2,1-3H3,(H,27,31)/t20-/m0/s1. The predicted octanol–water partition coefficient (Wildman–Crippen LogP) is 4.00. The lowest BCUT2D eigenvalue weighted by Crippen LogP contribution is -2.31. The molecule has 178 valence electrons. The number of hydrogen-bond acceptors (Lipinski definition) is 6. The van der Waals surface area contributed by atoms with Gasteiger partial charge in [0.15, 0.2) is 10.9 Å². The molecule has 3 aromatic rings. The minimum Gasteiger partial charge on any atom is -0.376 e. The molecule has 1 aliphatic heterocycles. The molecule has 0 saturated carbocycles. The lowest BCUT2D eigenvalue weighted by Gasteiger charge is -2.17. The van der Waals surface area contributed by atoms with Crippen molar-refractivity contribution in [2.24, 2.45) is 0 Å². The topological polar surface area (TPSA) is 90.3 Å². The molecule has 1 N–H and O–H groups in total. The fourth-order valence-corrected chi connectivity index (χ4v) is 4.81. The summed E-state index contributed by atoms with van der Waals surface area (Å²) < 4.78 is 7.37. The summed E-state index contributed by atoms with van der Waals surface area (Å²) in [5.41, 5.74) is 2.40. The van der Waals surface area contributed by atoms with Crippen LogP contribution >= 0.6 is 11.8 Å². The Morgan fingerprint density at radius 2 is 1.91 bits per heavy atom. The molecular weight excluding hydrogens is 450 g/mol. The molecule has 8 heteroatoms. The van der Waals surface area contributed by atoms with Crippen LogP contribution in [0.3, 0.4) is 0 Å². The molecule has 34 heavy (non-hydrogen) atoms. The summed E-state index contributed by atoms with van der Waals surface area (Å²) in [5, 5.41) is 3.75. The summed E-state index contributed by atoms with van der Waals surface area (Å²) in [5.74, 6) is -0.0980. The Balaban J connectivity index is 1.68. The number of rotatable bonds is 8. The summed E-state index contributed by atoms with van der Waals surface area (Å²) in [6.07, 6.45) is 1.79. The number of nitrogens with one attached hydrogen (secondary N) is 1. The van der Waals surface area contributed by atoms with Gasteiger partial charge in [-0.05, 0) is 51.8 Å². The van der Waals surface area contributed by atoms with Crippen molar-refractivity contribution in [1.82, 2.24) is 14.9 Å². The summed E-state index contributed by atoms with van der Waals surface area (Å²) >= 11 is 1.24. The molecule has 4 rings (SSSR count). The summed E-state index contributed by atoms with van der Waals surface area (Å²) in [6.45, 7) is 6.82. The number of hydrogen-bond donors (Lipinski definition) is 1. The first-order valence-electron chi connectivity index (χ1n) is 11.5. The van der Waals surface area contributed by atoms with E-state index in [1.807, 2.05) is 45.0 Å². The van der Waals surface area contributed by atoms with Crippen LogP contribution in [0.2, 0.25) is 0 Å². The zero-order valence-electron chi connectivity index (χ0n) is 19.7. The maximum atomic E-state index is 13.4. The molecule has 1 aliphatic rings. The first kappa shape index (κ1) is 24.2. The molecule has 0 bridgehead atoms. The second-order valence-electron chi connectivity index (χ2n) is 8.88. The minimum atomic E-state index is -0.217. The van der Waals surface area contributed by atoms with Gasteiger partial charge in [0.05, 0.1) is 29.3 Å². The Morgan fingerprint density at radius 1 is 1.18 bits per heavy atom. The molecule has 0 radical (unpaired) electrons. The van der Waals surface area contributed by atoms with Crippen LogP contribution in [-0.4, -0.2) is 45.7 Å². The van der Waals surface area contributed by atoms with Crippen molar-refractivity contribution in [3.63, 3.8) is 0 Å². The molecule has 0 spiro atoms. The average Bonchev–Trinajstić information content (AvgIpc) is 3.32. The van der Waals surface area contributed by atoms with E-state index in [-0.39, 0.29) is 35.1 Å². The van der Waals surface area contributed by atoms with Crippen LogP contribution < -0.4 is 10.9 Å². The van der Waals surface area contributed by atoms with E-state index < -0.39 is 0 Å². The van der Waals surface area contributed by atoms with E-state index in [2.05, 4.69) is 5.32 Å². The van der Waals surface area contributed by atoms with Crippen LogP contribution in [0.1, 0.15) is 53.0 Å². The summed E-state index contributed by atoms with van der Waals surface area (Å²) in [4.78, 5) is 43.4. The Kier molecular flexibility index (Phi) is 7.48. The van der Waals surface area contributed by atoms with Gasteiger partial charge in [-0.25, -0.2) is 4.98 Å². The van der Waals surface area contributed by atoms with Gasteiger partial charge < -0.3 is 10.1 Å². The minimum absolute atomic E-state index is 0.00512. The number of ether oxygens (including phenoxy) is 1. The largest absolute Gasteiger partial charge is 0.376 e. The van der Waals surface area contributed by atoms with Crippen molar-refractivity contribution >= 4 is 34.4 Å². The number of benzene rings is 2. The van der Waals surface area contributed by atoms with E-state index in [1.165, 1.54) is 11.8 Å². The Hall–Kier alpha value is -2.97. The lowest BCUT2D eigenvalue weighted by atomic mass is 10.1. The number of aromatic nitrogens is 2. The van der Waals surface area contributed by atoms with Gasteiger partial charge in [0.2, 0.25) is 0 Å². The first-order chi connectivity index (χ1) is 16.3. The lowest BCUT2D eigenvalue weighted by molar-refractivity contribution is 0.0936. The number of carbonyl (C=O) groups excluding carboxylic acids is 2. The number of amides is 1. The highest BCUT2D eigenvalue weighted by Crippen LogP contribution is 2.23. The van der Waals surface area contributed by atoms with Gasteiger partial charge in [-0.2, -0.15) is 0 Å². The zero-order chi connectivity index (χ0) is 24.2. The van der Waals surface area contributed by atoms with Crippen LogP contribution in [0.4, 0.5) is 0 Å². The SMILES string of the molecule is Cc1ccc(C(=O)CSc2nc3cc(C(=O)NC(C)C)ccc3c(=O)n2C[C@@H]2CCCO2)cc1. The maximum Gasteiger partial charge on any atom is 0.262 e. The molecule has 0 aliphatic carbocycles. The molecule has 1 aromatic heterocycles. The second-order valence-corrected chi connectivity index (χ2v) is 9.83. The summed E-state index contributed by atoms with van der Waals surface area (Å²) in [6, 6.07) is 12.4. The average molecular weight is 480 g/mol. The van der Waals surface area contributed by atoms with Crippen LogP contribution in [0.15, 0.2) is 52.4 Å². The van der Waals surface area contributed by atoms with Crippen LogP contribution in [0.5, 0.6) is 0 Å². The third kappa shape index (κ3) is 5.56. The molecule has 1 atom stereocenters. The highest BCUT2D eigenvalue weighted by molar-refractivity contribution is 7.99. The molecule has 7 nitrogen and oxygen atoms in total. The van der Waals surface area contributed by atoms with Crippen LogP contribution in [0.25, 0.3) is 10.9 Å². The fraction of sp³-hybridized carbons (Fsp3) is 0.385. The molecular formula is C26H29N3O4S. The Labute approximate surface area is 202 Å². The van der Waals surface area contributed by atoms with Gasteiger partial charge in [-0.3, -0.25) is 19.0 Å². The maximum absolute atomic E-state index is 13.4.